The number of amides is 1. The van der Waals surface area contributed by atoms with E-state index in [2.05, 4.69) is 25.5 Å². The molecule has 1 aromatic carbocycles. The first-order chi connectivity index (χ1) is 12.5. The van der Waals surface area contributed by atoms with Crippen LogP contribution in [0.5, 0.6) is 0 Å². The molecule has 0 aliphatic carbocycles. The number of nitrogens with one attached hydrogen (secondary N) is 2. The zero-order chi connectivity index (χ0) is 18.9. The summed E-state index contributed by atoms with van der Waals surface area (Å²) in [5.41, 5.74) is 1.26. The van der Waals surface area contributed by atoms with E-state index < -0.39 is 0 Å². The fourth-order valence-electron chi connectivity index (χ4n) is 2.32. The molecular weight excluding hydrogens is 373 g/mol. The van der Waals surface area contributed by atoms with Crippen LogP contribution in [0.3, 0.4) is 0 Å². The van der Waals surface area contributed by atoms with E-state index in [1.165, 1.54) is 6.33 Å². The minimum Gasteiger partial charge on any atom is -0.370 e. The third-order valence-electron chi connectivity index (χ3n) is 3.68. The van der Waals surface area contributed by atoms with Gasteiger partial charge in [-0.1, -0.05) is 29.3 Å². The van der Waals surface area contributed by atoms with E-state index in [-0.39, 0.29) is 5.91 Å². The molecule has 2 aromatic rings. The number of hydrogen-bond acceptors (Lipinski definition) is 5. The maximum Gasteiger partial charge on any atom is 0.270 e. The average Bonchev–Trinajstić information content (AvgIpc) is 2.60. The van der Waals surface area contributed by atoms with Gasteiger partial charge in [0.15, 0.2) is 0 Å². The zero-order valence-corrected chi connectivity index (χ0v) is 16.4. The molecule has 2 N–H and O–H groups in total. The second-order valence-corrected chi connectivity index (χ2v) is 6.96. The van der Waals surface area contributed by atoms with Crippen molar-refractivity contribution < 1.29 is 4.79 Å². The van der Waals surface area contributed by atoms with E-state index >= 15 is 0 Å². The van der Waals surface area contributed by atoms with Crippen molar-refractivity contribution in [1.29, 1.82) is 0 Å². The molecule has 0 spiro atoms. The highest BCUT2D eigenvalue weighted by Gasteiger charge is 2.09. The average molecular weight is 396 g/mol. The van der Waals surface area contributed by atoms with Crippen molar-refractivity contribution in [2.45, 2.75) is 12.8 Å². The lowest BCUT2D eigenvalue weighted by atomic mass is 10.1. The largest absolute Gasteiger partial charge is 0.370 e. The smallest absolute Gasteiger partial charge is 0.270 e. The summed E-state index contributed by atoms with van der Waals surface area (Å²) in [5, 5.41) is 7.23. The van der Waals surface area contributed by atoms with Crippen molar-refractivity contribution in [2.75, 3.05) is 39.0 Å². The first kappa shape index (κ1) is 20.4. The van der Waals surface area contributed by atoms with Gasteiger partial charge in [0.05, 0.1) is 0 Å². The number of nitrogens with zero attached hydrogens (tertiary/aromatic N) is 3. The number of carbonyl (C=O) groups excluding carboxylic acids is 1. The standard InChI is InChI=1S/C18H23Cl2N5O/c1-25(2)9-3-7-21-17-11-16(23-12-24-17)18(26)22-8-6-13-4-5-14(19)10-15(13)20/h4-5,10-12H,3,6-9H2,1-2H3,(H,22,26)(H,21,23,24). The SMILES string of the molecule is CN(C)CCCNc1cc(C(=O)NCCc2ccc(Cl)cc2Cl)ncn1. The summed E-state index contributed by atoms with van der Waals surface area (Å²) < 4.78 is 0. The van der Waals surface area contributed by atoms with E-state index in [0.29, 0.717) is 34.5 Å². The van der Waals surface area contributed by atoms with Crippen LogP contribution in [-0.2, 0) is 6.42 Å². The van der Waals surface area contributed by atoms with E-state index in [4.69, 9.17) is 23.2 Å². The van der Waals surface area contributed by atoms with Crippen molar-refractivity contribution in [3.8, 4) is 0 Å². The Balaban J connectivity index is 1.82. The van der Waals surface area contributed by atoms with E-state index in [0.717, 1.165) is 25.1 Å². The van der Waals surface area contributed by atoms with Gasteiger partial charge in [0, 0.05) is 29.2 Å². The van der Waals surface area contributed by atoms with Gasteiger partial charge in [0.25, 0.3) is 5.91 Å². The molecule has 0 bridgehead atoms. The van der Waals surface area contributed by atoms with Crippen molar-refractivity contribution in [1.82, 2.24) is 20.2 Å². The highest BCUT2D eigenvalue weighted by atomic mass is 35.5. The highest BCUT2D eigenvalue weighted by molar-refractivity contribution is 6.35. The first-order valence-corrected chi connectivity index (χ1v) is 9.14. The lowest BCUT2D eigenvalue weighted by Gasteiger charge is -2.10. The van der Waals surface area contributed by atoms with Crippen molar-refractivity contribution in [3.63, 3.8) is 0 Å². The number of aromatic nitrogens is 2. The van der Waals surface area contributed by atoms with Gasteiger partial charge in [0.1, 0.15) is 17.8 Å². The third-order valence-corrected chi connectivity index (χ3v) is 4.27. The molecule has 1 aromatic heterocycles. The summed E-state index contributed by atoms with van der Waals surface area (Å²) in [6, 6.07) is 6.99. The van der Waals surface area contributed by atoms with Gasteiger partial charge in [-0.2, -0.15) is 0 Å². The number of halogens is 2. The predicted molar refractivity (Wildman–Crippen MR) is 106 cm³/mol. The Kier molecular flexibility index (Phi) is 8.09. The Bertz CT molecular complexity index is 739. The van der Waals surface area contributed by atoms with Crippen LogP contribution in [0.15, 0.2) is 30.6 Å². The maximum absolute atomic E-state index is 12.3. The zero-order valence-electron chi connectivity index (χ0n) is 14.9. The van der Waals surface area contributed by atoms with Crippen molar-refractivity contribution in [3.05, 3.63) is 51.9 Å². The van der Waals surface area contributed by atoms with E-state index in [1.807, 2.05) is 20.2 Å². The Labute approximate surface area is 163 Å². The molecule has 0 fully saturated rings. The van der Waals surface area contributed by atoms with Crippen LogP contribution in [0.4, 0.5) is 5.82 Å². The molecule has 0 aliphatic heterocycles. The number of benzene rings is 1. The van der Waals surface area contributed by atoms with Crippen LogP contribution >= 0.6 is 23.2 Å². The molecule has 0 saturated heterocycles. The molecule has 140 valence electrons. The predicted octanol–water partition coefficient (Wildman–Crippen LogP) is 3.12. The second kappa shape index (κ2) is 10.3. The molecule has 0 atom stereocenters. The highest BCUT2D eigenvalue weighted by Crippen LogP contribution is 2.21. The van der Waals surface area contributed by atoms with Crippen molar-refractivity contribution >= 4 is 34.9 Å². The van der Waals surface area contributed by atoms with Crippen LogP contribution in [0.2, 0.25) is 10.0 Å². The molecule has 6 nitrogen and oxygen atoms in total. The van der Waals surface area contributed by atoms with Gasteiger partial charge in [-0.25, -0.2) is 9.97 Å². The summed E-state index contributed by atoms with van der Waals surface area (Å²) in [7, 11) is 4.06. The molecule has 0 unspecified atom stereocenters. The summed E-state index contributed by atoms with van der Waals surface area (Å²) in [5.74, 6) is 0.401. The van der Waals surface area contributed by atoms with Gasteiger partial charge in [0.2, 0.25) is 0 Å². The number of carbonyl (C=O) groups is 1. The lowest BCUT2D eigenvalue weighted by molar-refractivity contribution is 0.0949. The molecule has 0 aliphatic rings. The van der Waals surface area contributed by atoms with E-state index in [1.54, 1.807) is 18.2 Å². The third kappa shape index (κ3) is 6.78. The van der Waals surface area contributed by atoms with Crippen LogP contribution in [-0.4, -0.2) is 54.5 Å². The van der Waals surface area contributed by atoms with Gasteiger partial charge >= 0.3 is 0 Å². The topological polar surface area (TPSA) is 70.2 Å². The van der Waals surface area contributed by atoms with Gasteiger partial charge in [-0.3, -0.25) is 4.79 Å². The Hall–Kier alpha value is -1.89. The summed E-state index contributed by atoms with van der Waals surface area (Å²) >= 11 is 12.0. The summed E-state index contributed by atoms with van der Waals surface area (Å²) in [6.07, 6.45) is 2.99. The van der Waals surface area contributed by atoms with Crippen LogP contribution in [0, 0.1) is 0 Å². The van der Waals surface area contributed by atoms with Crippen LogP contribution in [0.25, 0.3) is 0 Å². The summed E-state index contributed by atoms with van der Waals surface area (Å²) in [4.78, 5) is 22.6. The van der Waals surface area contributed by atoms with Crippen molar-refractivity contribution in [2.24, 2.45) is 0 Å². The quantitative estimate of drug-likeness (QED) is 0.638. The fourth-order valence-corrected chi connectivity index (χ4v) is 2.82. The Morgan fingerprint density at radius 3 is 2.69 bits per heavy atom. The molecular formula is C18H23Cl2N5O. The molecule has 0 saturated carbocycles. The Morgan fingerprint density at radius 1 is 1.15 bits per heavy atom. The molecule has 2 rings (SSSR count). The second-order valence-electron chi connectivity index (χ2n) is 6.11. The number of anilines is 1. The first-order valence-electron chi connectivity index (χ1n) is 8.38. The van der Waals surface area contributed by atoms with E-state index in [9.17, 15) is 4.79 Å². The van der Waals surface area contributed by atoms with Gasteiger partial charge in [-0.05, 0) is 51.2 Å². The molecule has 1 amide bonds. The van der Waals surface area contributed by atoms with Gasteiger partial charge < -0.3 is 15.5 Å². The maximum atomic E-state index is 12.3. The molecule has 8 heteroatoms. The monoisotopic (exact) mass is 395 g/mol. The molecule has 0 radical (unpaired) electrons. The summed E-state index contributed by atoms with van der Waals surface area (Å²) in [6.45, 7) is 2.22. The minimum atomic E-state index is -0.242. The number of rotatable bonds is 9. The Morgan fingerprint density at radius 2 is 1.96 bits per heavy atom. The normalized spacial score (nSPS) is 10.8. The molecule has 1 heterocycles. The van der Waals surface area contributed by atoms with Crippen LogP contribution < -0.4 is 10.6 Å². The number of hydrogen-bond donors (Lipinski definition) is 2. The fraction of sp³-hybridized carbons (Fsp3) is 0.389. The lowest BCUT2D eigenvalue weighted by Crippen LogP contribution is -2.26. The van der Waals surface area contributed by atoms with Crippen LogP contribution in [0.1, 0.15) is 22.5 Å². The minimum absolute atomic E-state index is 0.242. The van der Waals surface area contributed by atoms with Gasteiger partial charge in [-0.15, -0.1) is 0 Å². The molecule has 26 heavy (non-hydrogen) atoms.